The lowest BCUT2D eigenvalue weighted by Crippen LogP contribution is -2.31. The summed E-state index contributed by atoms with van der Waals surface area (Å²) in [6.07, 6.45) is 6.39. The molecule has 0 saturated carbocycles. The maximum Gasteiger partial charge on any atom is 0.241 e. The molecule has 1 aliphatic rings. The van der Waals surface area contributed by atoms with Gasteiger partial charge in [-0.05, 0) is 43.4 Å². The van der Waals surface area contributed by atoms with Gasteiger partial charge in [-0.15, -0.1) is 11.6 Å². The van der Waals surface area contributed by atoms with Gasteiger partial charge < -0.3 is 14.4 Å². The Labute approximate surface area is 136 Å². The van der Waals surface area contributed by atoms with Crippen LogP contribution >= 0.6 is 11.6 Å². The standard InChI is InChI=1S/C17H22ClNO3/c1-21-15-9-8-13(10-16(15)22-2)12-19(17(20)11-18)14-6-4-3-5-7-14/h6,8-10H,3-5,7,11-12H2,1-2H3. The van der Waals surface area contributed by atoms with Gasteiger partial charge >= 0.3 is 0 Å². The number of hydrogen-bond donors (Lipinski definition) is 0. The fourth-order valence-electron chi connectivity index (χ4n) is 2.65. The minimum absolute atomic E-state index is 0.00930. The molecule has 0 radical (unpaired) electrons. The Morgan fingerprint density at radius 1 is 1.23 bits per heavy atom. The number of carbonyl (C=O) groups excluding carboxylic acids is 1. The van der Waals surface area contributed by atoms with Crippen molar-refractivity contribution in [3.05, 3.63) is 35.5 Å². The summed E-state index contributed by atoms with van der Waals surface area (Å²) in [5.74, 6) is 1.27. The van der Waals surface area contributed by atoms with Crippen molar-refractivity contribution in [1.82, 2.24) is 4.90 Å². The van der Waals surface area contributed by atoms with E-state index >= 15 is 0 Å². The third-order valence-corrected chi connectivity index (χ3v) is 4.05. The van der Waals surface area contributed by atoms with E-state index < -0.39 is 0 Å². The van der Waals surface area contributed by atoms with Crippen molar-refractivity contribution >= 4 is 17.5 Å². The molecular formula is C17H22ClNO3. The Morgan fingerprint density at radius 3 is 2.59 bits per heavy atom. The molecule has 0 saturated heterocycles. The van der Waals surface area contributed by atoms with Crippen molar-refractivity contribution in [3.63, 3.8) is 0 Å². The van der Waals surface area contributed by atoms with Crippen molar-refractivity contribution in [2.45, 2.75) is 32.2 Å². The molecular weight excluding hydrogens is 302 g/mol. The second-order valence-corrected chi connectivity index (χ2v) is 5.51. The number of ether oxygens (including phenoxy) is 2. The van der Waals surface area contributed by atoms with Crippen LogP contribution in [0.25, 0.3) is 0 Å². The van der Waals surface area contributed by atoms with Gasteiger partial charge in [-0.2, -0.15) is 0 Å². The molecule has 120 valence electrons. The van der Waals surface area contributed by atoms with Gasteiger partial charge in [0, 0.05) is 5.70 Å². The lowest BCUT2D eigenvalue weighted by atomic mass is 10.0. The predicted molar refractivity (Wildman–Crippen MR) is 87.4 cm³/mol. The van der Waals surface area contributed by atoms with Crippen LogP contribution in [0.3, 0.4) is 0 Å². The first-order valence-corrected chi connectivity index (χ1v) is 7.99. The zero-order valence-electron chi connectivity index (χ0n) is 13.1. The highest BCUT2D eigenvalue weighted by Crippen LogP contribution is 2.29. The largest absolute Gasteiger partial charge is 0.493 e. The van der Waals surface area contributed by atoms with E-state index in [-0.39, 0.29) is 11.8 Å². The van der Waals surface area contributed by atoms with Gasteiger partial charge in [-0.25, -0.2) is 0 Å². The number of rotatable bonds is 6. The molecule has 0 aliphatic heterocycles. The molecule has 2 rings (SSSR count). The Bertz CT molecular complexity index is 557. The van der Waals surface area contributed by atoms with E-state index in [0.717, 1.165) is 30.5 Å². The smallest absolute Gasteiger partial charge is 0.241 e. The fourth-order valence-corrected chi connectivity index (χ4v) is 2.79. The van der Waals surface area contributed by atoms with E-state index in [0.29, 0.717) is 18.0 Å². The molecule has 1 aliphatic carbocycles. The average molecular weight is 324 g/mol. The maximum absolute atomic E-state index is 12.2. The molecule has 5 heteroatoms. The van der Waals surface area contributed by atoms with Crippen LogP contribution in [0, 0.1) is 0 Å². The molecule has 0 fully saturated rings. The molecule has 1 aromatic carbocycles. The van der Waals surface area contributed by atoms with Gasteiger partial charge in [0.2, 0.25) is 5.91 Å². The Hall–Kier alpha value is -1.68. The zero-order valence-corrected chi connectivity index (χ0v) is 13.9. The first-order chi connectivity index (χ1) is 10.7. The van der Waals surface area contributed by atoms with Crippen LogP contribution in [0.1, 0.15) is 31.2 Å². The van der Waals surface area contributed by atoms with Crippen molar-refractivity contribution in [2.75, 3.05) is 20.1 Å². The first-order valence-electron chi connectivity index (χ1n) is 7.46. The second kappa shape index (κ2) is 8.08. The fraction of sp³-hybridized carbons (Fsp3) is 0.471. The predicted octanol–water partition coefficient (Wildman–Crippen LogP) is 3.73. The molecule has 4 nitrogen and oxygen atoms in total. The van der Waals surface area contributed by atoms with Gasteiger partial charge in [0.05, 0.1) is 20.8 Å². The van der Waals surface area contributed by atoms with E-state index in [9.17, 15) is 4.79 Å². The summed E-state index contributed by atoms with van der Waals surface area (Å²) < 4.78 is 10.6. The number of nitrogens with zero attached hydrogens (tertiary/aromatic N) is 1. The summed E-state index contributed by atoms with van der Waals surface area (Å²) in [5.41, 5.74) is 2.06. The summed E-state index contributed by atoms with van der Waals surface area (Å²) in [5, 5.41) is 0. The van der Waals surface area contributed by atoms with E-state index in [2.05, 4.69) is 6.08 Å². The quantitative estimate of drug-likeness (QED) is 0.749. The summed E-state index contributed by atoms with van der Waals surface area (Å²) >= 11 is 5.78. The molecule has 22 heavy (non-hydrogen) atoms. The van der Waals surface area contributed by atoms with Crippen LogP contribution in [-0.2, 0) is 11.3 Å². The molecule has 0 unspecified atom stereocenters. The van der Waals surface area contributed by atoms with Crippen LogP contribution in [0.5, 0.6) is 11.5 Å². The van der Waals surface area contributed by atoms with Crippen molar-refractivity contribution in [1.29, 1.82) is 0 Å². The Balaban J connectivity index is 2.23. The van der Waals surface area contributed by atoms with Crippen LogP contribution in [-0.4, -0.2) is 30.9 Å². The molecule has 0 spiro atoms. The van der Waals surface area contributed by atoms with Crippen LogP contribution in [0.2, 0.25) is 0 Å². The normalized spacial score (nSPS) is 14.2. The summed E-state index contributed by atoms with van der Waals surface area (Å²) in [4.78, 5) is 14.0. The van der Waals surface area contributed by atoms with E-state index in [1.54, 1.807) is 19.1 Å². The minimum atomic E-state index is -0.0652. The maximum atomic E-state index is 12.2. The third kappa shape index (κ3) is 3.95. The highest BCUT2D eigenvalue weighted by atomic mass is 35.5. The highest BCUT2D eigenvalue weighted by Gasteiger charge is 2.19. The van der Waals surface area contributed by atoms with E-state index in [1.165, 1.54) is 6.42 Å². The lowest BCUT2D eigenvalue weighted by molar-refractivity contribution is -0.127. The Morgan fingerprint density at radius 2 is 2.00 bits per heavy atom. The molecule has 0 N–H and O–H groups in total. The molecule has 0 bridgehead atoms. The van der Waals surface area contributed by atoms with Gasteiger partial charge in [0.15, 0.2) is 11.5 Å². The van der Waals surface area contributed by atoms with Crippen molar-refractivity contribution in [2.24, 2.45) is 0 Å². The molecule has 0 aromatic heterocycles. The monoisotopic (exact) mass is 323 g/mol. The molecule has 0 atom stereocenters. The summed E-state index contributed by atoms with van der Waals surface area (Å²) in [6.45, 7) is 0.498. The molecule has 1 aromatic rings. The number of methoxy groups -OCH3 is 2. The number of carbonyl (C=O) groups is 1. The van der Waals surface area contributed by atoms with Gasteiger partial charge in [0.1, 0.15) is 5.88 Å². The number of halogens is 1. The summed E-state index contributed by atoms with van der Waals surface area (Å²) in [6, 6.07) is 5.70. The summed E-state index contributed by atoms with van der Waals surface area (Å²) in [7, 11) is 3.21. The van der Waals surface area contributed by atoms with Crippen molar-refractivity contribution < 1.29 is 14.3 Å². The lowest BCUT2D eigenvalue weighted by Gasteiger charge is -2.27. The SMILES string of the molecule is COc1ccc(CN(C(=O)CCl)C2=CCCCC2)cc1OC. The van der Waals surface area contributed by atoms with Gasteiger partial charge in [-0.1, -0.05) is 12.1 Å². The number of alkyl halides is 1. The number of allylic oxidation sites excluding steroid dienone is 2. The van der Waals surface area contributed by atoms with Gasteiger partial charge in [0.25, 0.3) is 0 Å². The van der Waals surface area contributed by atoms with Crippen LogP contribution in [0.15, 0.2) is 30.0 Å². The number of benzene rings is 1. The molecule has 0 heterocycles. The topological polar surface area (TPSA) is 38.8 Å². The van der Waals surface area contributed by atoms with Crippen LogP contribution in [0.4, 0.5) is 0 Å². The third-order valence-electron chi connectivity index (χ3n) is 3.82. The van der Waals surface area contributed by atoms with E-state index in [4.69, 9.17) is 21.1 Å². The zero-order chi connectivity index (χ0) is 15.9. The van der Waals surface area contributed by atoms with Crippen molar-refractivity contribution in [3.8, 4) is 11.5 Å². The Kier molecular flexibility index (Phi) is 6.13. The number of amides is 1. The first kappa shape index (κ1) is 16.7. The molecule has 1 amide bonds. The van der Waals surface area contributed by atoms with Crippen LogP contribution < -0.4 is 9.47 Å². The number of hydrogen-bond acceptors (Lipinski definition) is 3. The second-order valence-electron chi connectivity index (χ2n) is 5.24. The minimum Gasteiger partial charge on any atom is -0.493 e. The average Bonchev–Trinajstić information content (AvgIpc) is 2.59. The van der Waals surface area contributed by atoms with Gasteiger partial charge in [-0.3, -0.25) is 4.79 Å². The van der Waals surface area contributed by atoms with E-state index in [1.807, 2.05) is 18.2 Å². The highest BCUT2D eigenvalue weighted by molar-refractivity contribution is 6.27.